The molecule has 1 unspecified atom stereocenters. The highest BCUT2D eigenvalue weighted by Crippen LogP contribution is 2.26. The van der Waals surface area contributed by atoms with Crippen molar-refractivity contribution in [2.24, 2.45) is 5.92 Å². The molecule has 2 atom stereocenters. The van der Waals surface area contributed by atoms with Crippen LogP contribution in [0.2, 0.25) is 0 Å². The smallest absolute Gasteiger partial charge is 0.0555 e. The third-order valence-electron chi connectivity index (χ3n) is 4.60. The average Bonchev–Trinajstić information content (AvgIpc) is 2.53. The molecule has 20 heavy (non-hydrogen) atoms. The lowest BCUT2D eigenvalue weighted by molar-refractivity contribution is 0.276. The summed E-state index contributed by atoms with van der Waals surface area (Å²) >= 11 is 0. The summed E-state index contributed by atoms with van der Waals surface area (Å²) in [6, 6.07) is 0.664. The number of hydrogen-bond acceptors (Lipinski definition) is 2. The molecule has 0 aromatic carbocycles. The maximum Gasteiger partial charge on any atom is 0.0555 e. The van der Waals surface area contributed by atoms with E-state index in [0.29, 0.717) is 12.0 Å². The Morgan fingerprint density at radius 3 is 2.55 bits per heavy atom. The number of nitrogens with zero attached hydrogens (tertiary/aromatic N) is 2. The molecule has 114 valence electrons. The van der Waals surface area contributed by atoms with Gasteiger partial charge in [0.05, 0.1) is 5.70 Å². The van der Waals surface area contributed by atoms with E-state index >= 15 is 0 Å². The Bertz CT molecular complexity index is 392. The highest BCUT2D eigenvalue weighted by molar-refractivity contribution is 5.27. The number of rotatable bonds is 5. The second kappa shape index (κ2) is 7.56. The van der Waals surface area contributed by atoms with Gasteiger partial charge in [-0.1, -0.05) is 39.0 Å². The first-order valence-corrected chi connectivity index (χ1v) is 7.93. The molecule has 0 aromatic rings. The molecule has 0 spiro atoms. The highest BCUT2D eigenvalue weighted by Gasteiger charge is 2.22. The zero-order chi connectivity index (χ0) is 15.3. The standard InChI is InChI=1S/C18H32N2/c1-8-16-12-13-19(6)18(17(9-2)20(16)7)11-10-15(5)14(3)4/h10-11,15-16H,3,8-9,12-13H2,1-2,4-7H3/b11-10-/t15?,16-/m1/s1. The van der Waals surface area contributed by atoms with E-state index in [1.54, 1.807) is 0 Å². The van der Waals surface area contributed by atoms with Gasteiger partial charge in [-0.25, -0.2) is 0 Å². The van der Waals surface area contributed by atoms with E-state index in [1.807, 2.05) is 0 Å². The van der Waals surface area contributed by atoms with Gasteiger partial charge in [0.25, 0.3) is 0 Å². The summed E-state index contributed by atoms with van der Waals surface area (Å²) < 4.78 is 0. The van der Waals surface area contributed by atoms with E-state index in [9.17, 15) is 0 Å². The van der Waals surface area contributed by atoms with Crippen molar-refractivity contribution in [1.82, 2.24) is 9.80 Å². The van der Waals surface area contributed by atoms with Crippen LogP contribution in [-0.2, 0) is 0 Å². The van der Waals surface area contributed by atoms with Crippen LogP contribution in [0.5, 0.6) is 0 Å². The third kappa shape index (κ3) is 3.91. The van der Waals surface area contributed by atoms with E-state index in [1.165, 1.54) is 29.8 Å². The Morgan fingerprint density at radius 1 is 1.40 bits per heavy atom. The van der Waals surface area contributed by atoms with Crippen molar-refractivity contribution in [3.05, 3.63) is 35.7 Å². The van der Waals surface area contributed by atoms with Gasteiger partial charge in [0.15, 0.2) is 0 Å². The lowest BCUT2D eigenvalue weighted by Gasteiger charge is -2.29. The molecule has 1 rings (SSSR count). The van der Waals surface area contributed by atoms with Crippen molar-refractivity contribution in [3.8, 4) is 0 Å². The van der Waals surface area contributed by atoms with E-state index in [4.69, 9.17) is 0 Å². The molecule has 1 heterocycles. The Balaban J connectivity index is 3.10. The van der Waals surface area contributed by atoms with Gasteiger partial charge in [0, 0.05) is 32.4 Å². The molecule has 1 aliphatic heterocycles. The largest absolute Gasteiger partial charge is 0.373 e. The van der Waals surface area contributed by atoms with Crippen molar-refractivity contribution in [2.45, 2.75) is 53.0 Å². The first-order valence-electron chi connectivity index (χ1n) is 7.93. The van der Waals surface area contributed by atoms with Gasteiger partial charge in [0.1, 0.15) is 0 Å². The molecule has 2 heteroatoms. The summed E-state index contributed by atoms with van der Waals surface area (Å²) in [4.78, 5) is 4.90. The second-order valence-corrected chi connectivity index (χ2v) is 6.06. The topological polar surface area (TPSA) is 6.48 Å². The van der Waals surface area contributed by atoms with Crippen molar-refractivity contribution in [3.63, 3.8) is 0 Å². The monoisotopic (exact) mass is 276 g/mol. The number of hydrogen-bond donors (Lipinski definition) is 0. The zero-order valence-corrected chi connectivity index (χ0v) is 14.2. The Morgan fingerprint density at radius 2 is 2.05 bits per heavy atom. The Hall–Kier alpha value is -1.18. The van der Waals surface area contributed by atoms with Crippen LogP contribution in [-0.4, -0.2) is 36.5 Å². The molecule has 0 aromatic heterocycles. The average molecular weight is 276 g/mol. The van der Waals surface area contributed by atoms with Crippen LogP contribution < -0.4 is 0 Å². The fourth-order valence-electron chi connectivity index (χ4n) is 2.81. The summed E-state index contributed by atoms with van der Waals surface area (Å²) in [5, 5.41) is 0. The van der Waals surface area contributed by atoms with Crippen LogP contribution in [0.25, 0.3) is 0 Å². The van der Waals surface area contributed by atoms with Crippen LogP contribution in [0.1, 0.15) is 47.0 Å². The fourth-order valence-corrected chi connectivity index (χ4v) is 2.81. The van der Waals surface area contributed by atoms with Crippen LogP contribution >= 0.6 is 0 Å². The van der Waals surface area contributed by atoms with Crippen LogP contribution in [0.4, 0.5) is 0 Å². The summed E-state index contributed by atoms with van der Waals surface area (Å²) in [6.45, 7) is 14.0. The minimum atomic E-state index is 0.435. The molecular weight excluding hydrogens is 244 g/mol. The molecule has 0 aliphatic carbocycles. The van der Waals surface area contributed by atoms with E-state index in [-0.39, 0.29) is 0 Å². The molecule has 0 saturated carbocycles. The molecule has 0 amide bonds. The molecule has 1 aliphatic rings. The van der Waals surface area contributed by atoms with Crippen molar-refractivity contribution in [2.75, 3.05) is 20.6 Å². The van der Waals surface area contributed by atoms with Gasteiger partial charge < -0.3 is 9.80 Å². The predicted molar refractivity (Wildman–Crippen MR) is 89.5 cm³/mol. The fraction of sp³-hybridized carbons (Fsp3) is 0.667. The molecule has 0 fully saturated rings. The summed E-state index contributed by atoms with van der Waals surface area (Å²) in [7, 11) is 4.47. The molecule has 0 radical (unpaired) electrons. The lowest BCUT2D eigenvalue weighted by Crippen LogP contribution is -2.30. The maximum absolute atomic E-state index is 4.04. The summed E-state index contributed by atoms with van der Waals surface area (Å²) in [5.74, 6) is 0.435. The van der Waals surface area contributed by atoms with Crippen LogP contribution in [0.15, 0.2) is 35.7 Å². The molecule has 2 nitrogen and oxygen atoms in total. The third-order valence-corrected chi connectivity index (χ3v) is 4.60. The van der Waals surface area contributed by atoms with Crippen molar-refractivity contribution < 1.29 is 0 Å². The van der Waals surface area contributed by atoms with Gasteiger partial charge in [-0.2, -0.15) is 0 Å². The zero-order valence-electron chi connectivity index (χ0n) is 14.2. The van der Waals surface area contributed by atoms with Gasteiger partial charge in [-0.05, 0) is 38.2 Å². The number of likely N-dealkylation sites (N-methyl/N-ethyl adjacent to an activating group) is 1. The lowest BCUT2D eigenvalue weighted by atomic mass is 10.0. The number of allylic oxidation sites excluding steroid dienone is 4. The van der Waals surface area contributed by atoms with Gasteiger partial charge in [-0.3, -0.25) is 0 Å². The first kappa shape index (κ1) is 16.9. The normalized spacial score (nSPS) is 22.4. The molecule has 0 N–H and O–H groups in total. The summed E-state index contributed by atoms with van der Waals surface area (Å²) in [6.07, 6.45) is 8.11. The highest BCUT2D eigenvalue weighted by atomic mass is 15.2. The van der Waals surface area contributed by atoms with Gasteiger partial charge in [0.2, 0.25) is 0 Å². The van der Waals surface area contributed by atoms with Crippen molar-refractivity contribution in [1.29, 1.82) is 0 Å². The molecule has 0 bridgehead atoms. The van der Waals surface area contributed by atoms with Crippen molar-refractivity contribution >= 4 is 0 Å². The first-order chi connectivity index (χ1) is 9.42. The maximum atomic E-state index is 4.04. The van der Waals surface area contributed by atoms with E-state index in [2.05, 4.69) is 70.3 Å². The van der Waals surface area contributed by atoms with E-state index in [0.717, 1.165) is 13.0 Å². The van der Waals surface area contributed by atoms with Gasteiger partial charge >= 0.3 is 0 Å². The Labute approximate surface area is 125 Å². The van der Waals surface area contributed by atoms with Crippen LogP contribution in [0.3, 0.4) is 0 Å². The summed E-state index contributed by atoms with van der Waals surface area (Å²) in [5.41, 5.74) is 4.05. The minimum Gasteiger partial charge on any atom is -0.373 e. The molecule has 0 saturated heterocycles. The van der Waals surface area contributed by atoms with Crippen LogP contribution in [0, 0.1) is 5.92 Å². The minimum absolute atomic E-state index is 0.435. The SMILES string of the molecule is C=C(C)C(C)/C=C\C1=C(CC)N(C)[C@H](CC)CCN1C. The Kier molecular flexibility index (Phi) is 6.38. The van der Waals surface area contributed by atoms with E-state index < -0.39 is 0 Å². The van der Waals surface area contributed by atoms with Gasteiger partial charge in [-0.15, -0.1) is 0 Å². The predicted octanol–water partition coefficient (Wildman–Crippen LogP) is 4.42. The molecular formula is C18H32N2. The quantitative estimate of drug-likeness (QED) is 0.686. The second-order valence-electron chi connectivity index (χ2n) is 6.06.